The summed E-state index contributed by atoms with van der Waals surface area (Å²) in [6.45, 7) is 0.790. The number of primary amides is 1. The van der Waals surface area contributed by atoms with E-state index in [2.05, 4.69) is 0 Å². The maximum absolute atomic E-state index is 11.4. The van der Waals surface area contributed by atoms with E-state index < -0.39 is 0 Å². The molecule has 92 valence electrons. The number of halogens is 1. The van der Waals surface area contributed by atoms with Gasteiger partial charge >= 0.3 is 0 Å². The Balaban J connectivity index is 2.36. The van der Waals surface area contributed by atoms with E-state index in [9.17, 15) is 4.79 Å². The normalized spacial score (nSPS) is 20.3. The van der Waals surface area contributed by atoms with Gasteiger partial charge in [0.05, 0.1) is 16.4 Å². The van der Waals surface area contributed by atoms with Crippen LogP contribution in [0.5, 0.6) is 0 Å². The first-order valence-corrected chi connectivity index (χ1v) is 6.09. The SMILES string of the molecule is NC(=O)C1CCCCN1c1cccc(Cl)c1N. The molecule has 0 radical (unpaired) electrons. The van der Waals surface area contributed by atoms with E-state index in [1.54, 1.807) is 6.07 Å². The van der Waals surface area contributed by atoms with Crippen LogP contribution >= 0.6 is 11.6 Å². The van der Waals surface area contributed by atoms with Crippen molar-refractivity contribution in [2.75, 3.05) is 17.2 Å². The predicted molar refractivity (Wildman–Crippen MR) is 70.0 cm³/mol. The highest BCUT2D eigenvalue weighted by molar-refractivity contribution is 6.33. The van der Waals surface area contributed by atoms with Crippen LogP contribution in [0.15, 0.2) is 18.2 Å². The van der Waals surface area contributed by atoms with Crippen molar-refractivity contribution >= 4 is 28.9 Å². The van der Waals surface area contributed by atoms with Gasteiger partial charge in [0.1, 0.15) is 6.04 Å². The number of anilines is 2. The standard InChI is InChI=1S/C12H16ClN3O/c13-8-4-3-6-9(11(8)14)16-7-2-1-5-10(16)12(15)17/h3-4,6,10H,1-2,5,7,14H2,(H2,15,17). The van der Waals surface area contributed by atoms with Crippen LogP contribution in [0, 0.1) is 0 Å². The monoisotopic (exact) mass is 253 g/mol. The van der Waals surface area contributed by atoms with Gasteiger partial charge in [0, 0.05) is 6.54 Å². The third-order valence-electron chi connectivity index (χ3n) is 3.17. The fraction of sp³-hybridized carbons (Fsp3) is 0.417. The van der Waals surface area contributed by atoms with Crippen LogP contribution in [0.2, 0.25) is 5.02 Å². The molecule has 5 heteroatoms. The lowest BCUT2D eigenvalue weighted by Gasteiger charge is -2.36. The number of nitrogens with two attached hydrogens (primary N) is 2. The number of nitrogens with zero attached hydrogens (tertiary/aromatic N) is 1. The van der Waals surface area contributed by atoms with Gasteiger partial charge in [-0.1, -0.05) is 17.7 Å². The van der Waals surface area contributed by atoms with Crippen molar-refractivity contribution in [3.63, 3.8) is 0 Å². The molecule has 1 aromatic carbocycles. The molecule has 0 bridgehead atoms. The molecule has 4 N–H and O–H groups in total. The molecule has 1 amide bonds. The molecule has 1 heterocycles. The molecule has 1 atom stereocenters. The highest BCUT2D eigenvalue weighted by Gasteiger charge is 2.28. The lowest BCUT2D eigenvalue weighted by molar-refractivity contribution is -0.119. The van der Waals surface area contributed by atoms with Gasteiger partial charge < -0.3 is 16.4 Å². The summed E-state index contributed by atoms with van der Waals surface area (Å²) in [5, 5.41) is 0.510. The second-order valence-corrected chi connectivity index (χ2v) is 4.69. The summed E-state index contributed by atoms with van der Waals surface area (Å²) >= 11 is 5.99. The summed E-state index contributed by atoms with van der Waals surface area (Å²) in [5.74, 6) is -0.302. The Morgan fingerprint density at radius 2 is 2.18 bits per heavy atom. The number of piperidine rings is 1. The molecule has 4 nitrogen and oxygen atoms in total. The Labute approximate surface area is 106 Å². The molecule has 1 aliphatic heterocycles. The van der Waals surface area contributed by atoms with Gasteiger partial charge in [0.15, 0.2) is 0 Å². The molecule has 0 aliphatic carbocycles. The minimum Gasteiger partial charge on any atom is -0.396 e. The van der Waals surface area contributed by atoms with Crippen LogP contribution in [-0.4, -0.2) is 18.5 Å². The number of para-hydroxylation sites is 1. The highest BCUT2D eigenvalue weighted by atomic mass is 35.5. The molecule has 1 unspecified atom stereocenters. The van der Waals surface area contributed by atoms with E-state index in [1.807, 2.05) is 17.0 Å². The first-order chi connectivity index (χ1) is 8.11. The van der Waals surface area contributed by atoms with Crippen molar-refractivity contribution in [2.45, 2.75) is 25.3 Å². The van der Waals surface area contributed by atoms with Gasteiger partial charge in [-0.05, 0) is 31.4 Å². The second-order valence-electron chi connectivity index (χ2n) is 4.28. The largest absolute Gasteiger partial charge is 0.396 e. The van der Waals surface area contributed by atoms with Gasteiger partial charge in [-0.25, -0.2) is 0 Å². The molecule has 0 saturated carbocycles. The third-order valence-corrected chi connectivity index (χ3v) is 3.50. The molecule has 1 aromatic rings. The quantitative estimate of drug-likeness (QED) is 0.789. The van der Waals surface area contributed by atoms with Gasteiger partial charge in [-0.15, -0.1) is 0 Å². The first-order valence-electron chi connectivity index (χ1n) is 5.71. The zero-order valence-corrected chi connectivity index (χ0v) is 10.3. The van der Waals surface area contributed by atoms with Crippen molar-refractivity contribution in [3.8, 4) is 0 Å². The number of carbonyl (C=O) groups is 1. The van der Waals surface area contributed by atoms with Gasteiger partial charge in [-0.2, -0.15) is 0 Å². The van der Waals surface area contributed by atoms with Crippen molar-refractivity contribution < 1.29 is 4.79 Å². The zero-order valence-electron chi connectivity index (χ0n) is 9.53. The number of nitrogen functional groups attached to an aromatic ring is 1. The number of benzene rings is 1. The average molecular weight is 254 g/mol. The molecular weight excluding hydrogens is 238 g/mol. The minimum atomic E-state index is -0.302. The Hall–Kier alpha value is -1.42. The Morgan fingerprint density at radius 3 is 2.88 bits per heavy atom. The van der Waals surface area contributed by atoms with Crippen molar-refractivity contribution in [1.82, 2.24) is 0 Å². The molecule has 0 spiro atoms. The van der Waals surface area contributed by atoms with E-state index in [4.69, 9.17) is 23.1 Å². The fourth-order valence-electron chi connectivity index (χ4n) is 2.29. The highest BCUT2D eigenvalue weighted by Crippen LogP contribution is 2.33. The molecule has 1 fully saturated rings. The van der Waals surface area contributed by atoms with E-state index in [0.717, 1.165) is 31.5 Å². The Morgan fingerprint density at radius 1 is 1.41 bits per heavy atom. The maximum atomic E-state index is 11.4. The zero-order chi connectivity index (χ0) is 12.4. The third kappa shape index (κ3) is 2.31. The van der Waals surface area contributed by atoms with Crippen molar-refractivity contribution in [1.29, 1.82) is 0 Å². The maximum Gasteiger partial charge on any atom is 0.240 e. The molecule has 2 rings (SSSR count). The number of hydrogen-bond donors (Lipinski definition) is 2. The van der Waals surface area contributed by atoms with Crippen LogP contribution in [0.4, 0.5) is 11.4 Å². The van der Waals surface area contributed by atoms with Crippen molar-refractivity contribution in [2.24, 2.45) is 5.73 Å². The van der Waals surface area contributed by atoms with Crippen LogP contribution in [0.3, 0.4) is 0 Å². The summed E-state index contributed by atoms with van der Waals surface area (Å²) < 4.78 is 0. The van der Waals surface area contributed by atoms with Crippen LogP contribution in [0.1, 0.15) is 19.3 Å². The van der Waals surface area contributed by atoms with E-state index in [0.29, 0.717) is 10.7 Å². The lowest BCUT2D eigenvalue weighted by atomic mass is 10.0. The van der Waals surface area contributed by atoms with Crippen LogP contribution < -0.4 is 16.4 Å². The van der Waals surface area contributed by atoms with E-state index in [1.165, 1.54) is 0 Å². The van der Waals surface area contributed by atoms with Gasteiger partial charge in [-0.3, -0.25) is 4.79 Å². The Bertz CT molecular complexity index is 436. The summed E-state index contributed by atoms with van der Waals surface area (Å²) in [5.41, 5.74) is 12.7. The summed E-state index contributed by atoms with van der Waals surface area (Å²) in [6.07, 6.45) is 2.83. The number of rotatable bonds is 2. The fourth-order valence-corrected chi connectivity index (χ4v) is 2.46. The predicted octanol–water partition coefficient (Wildman–Crippen LogP) is 1.77. The average Bonchev–Trinajstić information content (AvgIpc) is 2.33. The van der Waals surface area contributed by atoms with E-state index >= 15 is 0 Å². The van der Waals surface area contributed by atoms with E-state index in [-0.39, 0.29) is 11.9 Å². The van der Waals surface area contributed by atoms with Gasteiger partial charge in [0.25, 0.3) is 0 Å². The van der Waals surface area contributed by atoms with Gasteiger partial charge in [0.2, 0.25) is 5.91 Å². The summed E-state index contributed by atoms with van der Waals surface area (Å²) in [4.78, 5) is 13.4. The topological polar surface area (TPSA) is 72.4 Å². The molecule has 1 saturated heterocycles. The summed E-state index contributed by atoms with van der Waals surface area (Å²) in [6, 6.07) is 5.18. The molecule has 0 aromatic heterocycles. The molecule has 1 aliphatic rings. The number of amides is 1. The second kappa shape index (κ2) is 4.84. The summed E-state index contributed by atoms with van der Waals surface area (Å²) in [7, 11) is 0. The minimum absolute atomic E-state index is 0.274. The van der Waals surface area contributed by atoms with Crippen molar-refractivity contribution in [3.05, 3.63) is 23.2 Å². The van der Waals surface area contributed by atoms with Crippen LogP contribution in [-0.2, 0) is 4.79 Å². The molecule has 17 heavy (non-hydrogen) atoms. The molecular formula is C12H16ClN3O. The first kappa shape index (κ1) is 12.0. The number of carbonyl (C=O) groups excluding carboxylic acids is 1. The van der Waals surface area contributed by atoms with Crippen LogP contribution in [0.25, 0.3) is 0 Å². The number of hydrogen-bond acceptors (Lipinski definition) is 3. The lowest BCUT2D eigenvalue weighted by Crippen LogP contribution is -2.48. The Kier molecular flexibility index (Phi) is 3.43. The smallest absolute Gasteiger partial charge is 0.240 e.